The molecule has 6 heteroatoms. The highest BCUT2D eigenvalue weighted by molar-refractivity contribution is 7.20. The van der Waals surface area contributed by atoms with Crippen molar-refractivity contribution in [2.45, 2.75) is 58.9 Å². The van der Waals surface area contributed by atoms with Gasteiger partial charge in [-0.2, -0.15) is 0 Å². The van der Waals surface area contributed by atoms with Gasteiger partial charge in [0.15, 0.2) is 0 Å². The maximum absolute atomic E-state index is 13.1. The molecule has 5 nitrogen and oxygen atoms in total. The monoisotopic (exact) mass is 400 g/mol. The number of fused-ring (bicyclic) bond motifs is 2. The summed E-state index contributed by atoms with van der Waals surface area (Å²) in [5.74, 6) is 0.250. The standard InChI is InChI=1S/C22H28N2O3S/c1-22(2,3)15-7-8-16-13(11-15)10-14-12-18(28-19(14)23-16)20(25)24-9-5-6-17(24)21(26)27-4/h10,12,15,17H,5-9,11H2,1-4H3/t15?,17-/m1/s1. The van der Waals surface area contributed by atoms with Gasteiger partial charge in [-0.1, -0.05) is 20.8 Å². The average molecular weight is 401 g/mol. The summed E-state index contributed by atoms with van der Waals surface area (Å²) in [7, 11) is 1.38. The van der Waals surface area contributed by atoms with Crippen LogP contribution in [0.2, 0.25) is 0 Å². The van der Waals surface area contributed by atoms with Crippen LogP contribution in [-0.2, 0) is 22.4 Å². The summed E-state index contributed by atoms with van der Waals surface area (Å²) in [6.07, 6.45) is 4.73. The second-order valence-electron chi connectivity index (χ2n) is 9.08. The number of hydrogen-bond donors (Lipinski definition) is 0. The summed E-state index contributed by atoms with van der Waals surface area (Å²) in [5.41, 5.74) is 2.80. The number of methoxy groups -OCH3 is 1. The minimum Gasteiger partial charge on any atom is -0.467 e. The number of rotatable bonds is 2. The van der Waals surface area contributed by atoms with Gasteiger partial charge in [0.1, 0.15) is 10.9 Å². The summed E-state index contributed by atoms with van der Waals surface area (Å²) in [4.78, 5) is 33.2. The number of amides is 1. The lowest BCUT2D eigenvalue weighted by atomic mass is 9.71. The van der Waals surface area contributed by atoms with Gasteiger partial charge in [0, 0.05) is 17.6 Å². The van der Waals surface area contributed by atoms with Crippen molar-refractivity contribution in [2.24, 2.45) is 11.3 Å². The molecule has 1 aliphatic heterocycles. The molecule has 150 valence electrons. The molecule has 2 atom stereocenters. The fraction of sp³-hybridized carbons (Fsp3) is 0.591. The Balaban J connectivity index is 1.62. The first kappa shape index (κ1) is 19.4. The number of likely N-dealkylation sites (tertiary alicyclic amines) is 1. The molecule has 0 aromatic carbocycles. The van der Waals surface area contributed by atoms with E-state index in [2.05, 4.69) is 26.8 Å². The van der Waals surface area contributed by atoms with Crippen LogP contribution in [0.1, 0.15) is 61.0 Å². The predicted octanol–water partition coefficient (Wildman–Crippen LogP) is 4.22. The quantitative estimate of drug-likeness (QED) is 0.708. The topological polar surface area (TPSA) is 59.5 Å². The van der Waals surface area contributed by atoms with Crippen LogP contribution in [0.25, 0.3) is 10.2 Å². The van der Waals surface area contributed by atoms with Crippen LogP contribution in [0.5, 0.6) is 0 Å². The Morgan fingerprint density at radius 2 is 2.04 bits per heavy atom. The highest BCUT2D eigenvalue weighted by atomic mass is 32.1. The fourth-order valence-electron chi connectivity index (χ4n) is 4.50. The summed E-state index contributed by atoms with van der Waals surface area (Å²) >= 11 is 1.44. The smallest absolute Gasteiger partial charge is 0.328 e. The molecule has 0 spiro atoms. The van der Waals surface area contributed by atoms with Crippen LogP contribution in [-0.4, -0.2) is 41.5 Å². The normalized spacial score (nSPS) is 22.4. The number of hydrogen-bond acceptors (Lipinski definition) is 5. The highest BCUT2D eigenvalue weighted by Gasteiger charge is 2.36. The lowest BCUT2D eigenvalue weighted by Crippen LogP contribution is -2.40. The van der Waals surface area contributed by atoms with Gasteiger partial charge in [-0.05, 0) is 61.1 Å². The van der Waals surface area contributed by atoms with Crippen LogP contribution in [0, 0.1) is 11.3 Å². The molecule has 3 heterocycles. The summed E-state index contributed by atoms with van der Waals surface area (Å²) in [5, 5.41) is 1.04. The Morgan fingerprint density at radius 3 is 2.75 bits per heavy atom. The molecule has 0 radical (unpaired) electrons. The van der Waals surface area contributed by atoms with Crippen LogP contribution >= 0.6 is 11.3 Å². The van der Waals surface area contributed by atoms with E-state index in [1.54, 1.807) is 4.90 Å². The van der Waals surface area contributed by atoms with E-state index in [0.29, 0.717) is 29.2 Å². The van der Waals surface area contributed by atoms with E-state index in [1.165, 1.54) is 36.1 Å². The number of aromatic nitrogens is 1. The molecule has 1 amide bonds. The largest absolute Gasteiger partial charge is 0.467 e. The van der Waals surface area contributed by atoms with Crippen molar-refractivity contribution in [3.8, 4) is 0 Å². The van der Waals surface area contributed by atoms with E-state index >= 15 is 0 Å². The van der Waals surface area contributed by atoms with Gasteiger partial charge in [-0.15, -0.1) is 11.3 Å². The van der Waals surface area contributed by atoms with Crippen molar-refractivity contribution in [3.63, 3.8) is 0 Å². The van der Waals surface area contributed by atoms with Crippen molar-refractivity contribution in [3.05, 3.63) is 28.3 Å². The van der Waals surface area contributed by atoms with Crippen LogP contribution < -0.4 is 0 Å². The Morgan fingerprint density at radius 1 is 1.25 bits per heavy atom. The van der Waals surface area contributed by atoms with E-state index in [0.717, 1.165) is 29.5 Å². The second-order valence-corrected chi connectivity index (χ2v) is 10.1. The molecule has 28 heavy (non-hydrogen) atoms. The van der Waals surface area contributed by atoms with Crippen molar-refractivity contribution < 1.29 is 14.3 Å². The van der Waals surface area contributed by atoms with E-state index in [4.69, 9.17) is 9.72 Å². The van der Waals surface area contributed by atoms with Crippen molar-refractivity contribution >= 4 is 33.4 Å². The van der Waals surface area contributed by atoms with E-state index in [-0.39, 0.29) is 11.9 Å². The summed E-state index contributed by atoms with van der Waals surface area (Å²) in [6, 6.07) is 3.71. The van der Waals surface area contributed by atoms with E-state index in [9.17, 15) is 9.59 Å². The van der Waals surface area contributed by atoms with Crippen LogP contribution in [0.3, 0.4) is 0 Å². The zero-order valence-corrected chi connectivity index (χ0v) is 17.9. The van der Waals surface area contributed by atoms with E-state index in [1.807, 2.05) is 6.07 Å². The maximum atomic E-state index is 13.1. The van der Waals surface area contributed by atoms with Gasteiger partial charge in [-0.3, -0.25) is 4.79 Å². The number of thiophene rings is 1. The fourth-order valence-corrected chi connectivity index (χ4v) is 5.49. The molecule has 1 unspecified atom stereocenters. The number of nitrogens with zero attached hydrogens (tertiary/aromatic N) is 2. The number of aryl methyl sites for hydroxylation is 1. The van der Waals surface area contributed by atoms with Gasteiger partial charge < -0.3 is 9.64 Å². The first-order valence-electron chi connectivity index (χ1n) is 10.1. The van der Waals surface area contributed by atoms with Crippen molar-refractivity contribution in [1.29, 1.82) is 0 Å². The molecular formula is C22H28N2O3S. The number of esters is 1. The number of carbonyl (C=O) groups excluding carboxylic acids is 2. The van der Waals surface area contributed by atoms with Gasteiger partial charge in [-0.25, -0.2) is 9.78 Å². The molecule has 4 rings (SSSR count). The lowest BCUT2D eigenvalue weighted by Gasteiger charge is -2.34. The van der Waals surface area contributed by atoms with Gasteiger partial charge in [0.05, 0.1) is 12.0 Å². The Kier molecular flexibility index (Phi) is 4.94. The van der Waals surface area contributed by atoms with Crippen molar-refractivity contribution in [2.75, 3.05) is 13.7 Å². The predicted molar refractivity (Wildman–Crippen MR) is 111 cm³/mol. The number of pyridine rings is 1. The summed E-state index contributed by atoms with van der Waals surface area (Å²) < 4.78 is 4.87. The Hall–Kier alpha value is -1.95. The molecule has 0 N–H and O–H groups in total. The third-order valence-electron chi connectivity index (χ3n) is 6.30. The molecule has 0 bridgehead atoms. The molecular weight excluding hydrogens is 372 g/mol. The minimum atomic E-state index is -0.462. The number of ether oxygens (including phenoxy) is 1. The van der Waals surface area contributed by atoms with Crippen molar-refractivity contribution in [1.82, 2.24) is 9.88 Å². The molecule has 2 aliphatic rings. The highest BCUT2D eigenvalue weighted by Crippen LogP contribution is 2.38. The SMILES string of the molecule is COC(=O)[C@H]1CCCN1C(=O)c1cc2cc3c(nc2s1)CCC(C(C)(C)C)C3. The number of carbonyl (C=O) groups is 2. The Bertz CT molecular complexity index is 928. The van der Waals surface area contributed by atoms with Crippen LogP contribution in [0.4, 0.5) is 0 Å². The molecule has 1 saturated heterocycles. The summed E-state index contributed by atoms with van der Waals surface area (Å²) in [6.45, 7) is 7.53. The van der Waals surface area contributed by atoms with Crippen LogP contribution in [0.15, 0.2) is 12.1 Å². The molecule has 2 aromatic rings. The van der Waals surface area contributed by atoms with E-state index < -0.39 is 6.04 Å². The third-order valence-corrected chi connectivity index (χ3v) is 7.33. The first-order chi connectivity index (χ1) is 13.3. The zero-order chi connectivity index (χ0) is 20.1. The Labute approximate surface area is 170 Å². The molecule has 1 aliphatic carbocycles. The molecule has 1 fully saturated rings. The van der Waals surface area contributed by atoms with Gasteiger partial charge in [0.25, 0.3) is 5.91 Å². The molecule has 2 aromatic heterocycles. The van der Waals surface area contributed by atoms with Gasteiger partial charge >= 0.3 is 5.97 Å². The minimum absolute atomic E-state index is 0.0820. The van der Waals surface area contributed by atoms with Gasteiger partial charge in [0.2, 0.25) is 0 Å². The third kappa shape index (κ3) is 3.43. The maximum Gasteiger partial charge on any atom is 0.328 e. The molecule has 0 saturated carbocycles. The first-order valence-corrected chi connectivity index (χ1v) is 10.9. The lowest BCUT2D eigenvalue weighted by molar-refractivity contribution is -0.145. The second kappa shape index (κ2) is 7.14. The zero-order valence-electron chi connectivity index (χ0n) is 17.1. The average Bonchev–Trinajstić information content (AvgIpc) is 3.30.